The highest BCUT2D eigenvalue weighted by Gasteiger charge is 2.29. The van der Waals surface area contributed by atoms with Crippen molar-refractivity contribution < 1.29 is 27.5 Å². The molecule has 0 aromatic heterocycles. The molecule has 0 bridgehead atoms. The monoisotopic (exact) mass is 474 g/mol. The fourth-order valence-electron chi connectivity index (χ4n) is 3.02. The number of hydrogen-bond donors (Lipinski definition) is 2. The zero-order valence-electron chi connectivity index (χ0n) is 18.6. The number of ether oxygens (including phenoxy) is 2. The predicted octanol–water partition coefficient (Wildman–Crippen LogP) is 0.907. The molecule has 11 heteroatoms. The van der Waals surface area contributed by atoms with E-state index < -0.39 is 10.0 Å². The number of methoxy groups -OCH3 is 1. The smallest absolute Gasteiger partial charge is 0.263 e. The lowest BCUT2D eigenvalue weighted by Gasteiger charge is -2.14. The highest BCUT2D eigenvalue weighted by atomic mass is 32.2. The van der Waals surface area contributed by atoms with Crippen molar-refractivity contribution in [1.82, 2.24) is 14.9 Å². The van der Waals surface area contributed by atoms with E-state index in [-0.39, 0.29) is 48.7 Å². The third kappa shape index (κ3) is 6.01. The van der Waals surface area contributed by atoms with Crippen molar-refractivity contribution >= 4 is 27.7 Å². The molecule has 1 aliphatic heterocycles. The summed E-state index contributed by atoms with van der Waals surface area (Å²) in [6.07, 6.45) is 0.0956. The number of hydrogen-bond acceptors (Lipinski definition) is 7. The van der Waals surface area contributed by atoms with Gasteiger partial charge in [0.25, 0.3) is 15.9 Å². The standard InChI is InChI=1S/C22H26N4O6S/c1-26(2)21(28)14-32-17-9-8-15(12-18(17)31-3)13-24-20(27)10-11-23-22-16-6-4-5-7-19(16)33(29,30)25-22/h4-9,12H,10-11,13-14H2,1-3H3,(H,23,25)(H,24,27). The van der Waals surface area contributed by atoms with Crippen LogP contribution in [0.25, 0.3) is 0 Å². The first-order valence-corrected chi connectivity index (χ1v) is 11.6. The van der Waals surface area contributed by atoms with Crippen LogP contribution in [0.5, 0.6) is 11.5 Å². The van der Waals surface area contributed by atoms with E-state index in [4.69, 9.17) is 9.47 Å². The summed E-state index contributed by atoms with van der Waals surface area (Å²) in [4.78, 5) is 29.8. The molecule has 0 unspecified atom stereocenters. The van der Waals surface area contributed by atoms with Crippen LogP contribution in [-0.2, 0) is 26.2 Å². The van der Waals surface area contributed by atoms with Gasteiger partial charge in [-0.1, -0.05) is 18.2 Å². The van der Waals surface area contributed by atoms with Crippen LogP contribution in [0, 0.1) is 0 Å². The molecule has 0 saturated carbocycles. The van der Waals surface area contributed by atoms with Gasteiger partial charge in [-0.2, -0.15) is 0 Å². The van der Waals surface area contributed by atoms with Crippen LogP contribution in [0.1, 0.15) is 17.5 Å². The van der Waals surface area contributed by atoms with Gasteiger partial charge in [0.1, 0.15) is 5.84 Å². The first-order valence-electron chi connectivity index (χ1n) is 10.1. The van der Waals surface area contributed by atoms with E-state index in [1.807, 2.05) is 0 Å². The van der Waals surface area contributed by atoms with Crippen molar-refractivity contribution in [3.8, 4) is 11.5 Å². The van der Waals surface area contributed by atoms with Gasteiger partial charge in [-0.05, 0) is 29.8 Å². The summed E-state index contributed by atoms with van der Waals surface area (Å²) < 4.78 is 37.4. The number of carbonyl (C=O) groups excluding carboxylic acids is 2. The molecule has 0 aliphatic carbocycles. The van der Waals surface area contributed by atoms with Crippen LogP contribution in [0.3, 0.4) is 0 Å². The number of sulfonamides is 1. The molecule has 33 heavy (non-hydrogen) atoms. The van der Waals surface area contributed by atoms with Gasteiger partial charge in [-0.15, -0.1) is 0 Å². The third-order valence-electron chi connectivity index (χ3n) is 4.84. The van der Waals surface area contributed by atoms with E-state index in [9.17, 15) is 18.0 Å². The highest BCUT2D eigenvalue weighted by Crippen LogP contribution is 2.28. The second-order valence-corrected chi connectivity index (χ2v) is 9.07. The van der Waals surface area contributed by atoms with Crippen LogP contribution in [0.2, 0.25) is 0 Å². The minimum absolute atomic E-state index is 0.0956. The average Bonchev–Trinajstić information content (AvgIpc) is 3.06. The van der Waals surface area contributed by atoms with Crippen molar-refractivity contribution in [1.29, 1.82) is 0 Å². The zero-order chi connectivity index (χ0) is 24.0. The summed E-state index contributed by atoms with van der Waals surface area (Å²) in [7, 11) is 1.18. The van der Waals surface area contributed by atoms with Crippen molar-refractivity contribution in [2.75, 3.05) is 34.4 Å². The van der Waals surface area contributed by atoms with E-state index in [0.717, 1.165) is 5.56 Å². The molecule has 1 aliphatic rings. The summed E-state index contributed by atoms with van der Waals surface area (Å²) in [5, 5.41) is 2.79. The van der Waals surface area contributed by atoms with E-state index >= 15 is 0 Å². The molecule has 2 amide bonds. The van der Waals surface area contributed by atoms with E-state index in [2.05, 4.69) is 15.0 Å². The van der Waals surface area contributed by atoms with Gasteiger partial charge in [0.05, 0.1) is 18.6 Å². The number of benzene rings is 2. The Bertz CT molecular complexity index is 1180. The maximum atomic E-state index is 12.2. The first-order chi connectivity index (χ1) is 15.7. The number of fused-ring (bicyclic) bond motifs is 1. The van der Waals surface area contributed by atoms with Gasteiger partial charge >= 0.3 is 0 Å². The summed E-state index contributed by atoms with van der Waals surface area (Å²) in [5.74, 6) is 0.714. The van der Waals surface area contributed by atoms with Gasteiger partial charge in [-0.25, -0.2) is 8.42 Å². The normalized spacial score (nSPS) is 14.8. The SMILES string of the molecule is COc1cc(CNC(=O)CCN=C2NS(=O)(=O)c3ccccc32)ccc1OCC(=O)N(C)C. The van der Waals surface area contributed by atoms with Gasteiger partial charge in [0, 0.05) is 32.6 Å². The Hall–Kier alpha value is -3.60. The van der Waals surface area contributed by atoms with E-state index in [1.165, 1.54) is 18.1 Å². The molecule has 3 rings (SSSR count). The first kappa shape index (κ1) is 24.1. The zero-order valence-corrected chi connectivity index (χ0v) is 19.4. The minimum atomic E-state index is -3.60. The molecule has 176 valence electrons. The molecule has 0 fully saturated rings. The number of rotatable bonds is 9. The minimum Gasteiger partial charge on any atom is -0.493 e. The second-order valence-electron chi connectivity index (χ2n) is 7.42. The topological polar surface area (TPSA) is 126 Å². The van der Waals surface area contributed by atoms with Gasteiger partial charge in [-0.3, -0.25) is 19.3 Å². The van der Waals surface area contributed by atoms with Gasteiger partial charge < -0.3 is 19.7 Å². The molecule has 0 saturated heterocycles. The maximum absolute atomic E-state index is 12.2. The number of carbonyl (C=O) groups is 2. The summed E-state index contributed by atoms with van der Waals surface area (Å²) in [6, 6.07) is 11.7. The quantitative estimate of drug-likeness (QED) is 0.556. The van der Waals surface area contributed by atoms with Gasteiger partial charge in [0.2, 0.25) is 5.91 Å². The Morgan fingerprint density at radius 2 is 1.88 bits per heavy atom. The molecule has 1 heterocycles. The predicted molar refractivity (Wildman–Crippen MR) is 122 cm³/mol. The van der Waals surface area contributed by atoms with Crippen LogP contribution in [-0.4, -0.2) is 65.3 Å². The summed E-state index contributed by atoms with van der Waals surface area (Å²) >= 11 is 0. The third-order valence-corrected chi connectivity index (χ3v) is 6.24. The van der Waals surface area contributed by atoms with Gasteiger partial charge in [0.15, 0.2) is 18.1 Å². The summed E-state index contributed by atoms with van der Waals surface area (Å²) in [5.41, 5.74) is 1.29. The Morgan fingerprint density at radius 3 is 2.61 bits per heavy atom. The molecular weight excluding hydrogens is 448 g/mol. The molecule has 0 radical (unpaired) electrons. The lowest BCUT2D eigenvalue weighted by Crippen LogP contribution is -2.27. The Morgan fingerprint density at radius 1 is 1.12 bits per heavy atom. The number of aliphatic imine (C=N–C) groups is 1. The van der Waals surface area contributed by atoms with Crippen molar-refractivity contribution in [3.05, 3.63) is 53.6 Å². The molecule has 2 N–H and O–H groups in total. The Labute approximate surface area is 192 Å². The number of likely N-dealkylation sites (N-methyl/N-ethyl adjacent to an activating group) is 1. The maximum Gasteiger partial charge on any atom is 0.263 e. The van der Waals surface area contributed by atoms with Crippen molar-refractivity contribution in [2.45, 2.75) is 17.9 Å². The highest BCUT2D eigenvalue weighted by molar-refractivity contribution is 7.90. The molecule has 10 nitrogen and oxygen atoms in total. The number of amidine groups is 1. The molecule has 2 aromatic carbocycles. The van der Waals surface area contributed by atoms with E-state index in [1.54, 1.807) is 50.5 Å². The molecule has 2 aromatic rings. The van der Waals surface area contributed by atoms with Crippen LogP contribution in [0.15, 0.2) is 52.4 Å². The lowest BCUT2D eigenvalue weighted by atomic mass is 10.2. The molecule has 0 spiro atoms. The lowest BCUT2D eigenvalue weighted by molar-refractivity contribution is -0.130. The largest absolute Gasteiger partial charge is 0.493 e. The van der Waals surface area contributed by atoms with E-state index in [0.29, 0.717) is 17.1 Å². The Kier molecular flexibility index (Phi) is 7.54. The molecular formula is C22H26N4O6S. The van der Waals surface area contributed by atoms with Crippen LogP contribution < -0.4 is 19.5 Å². The second kappa shape index (κ2) is 10.3. The number of nitrogens with zero attached hydrogens (tertiary/aromatic N) is 2. The van der Waals surface area contributed by atoms with Crippen LogP contribution >= 0.6 is 0 Å². The molecule has 0 atom stereocenters. The van der Waals surface area contributed by atoms with Crippen LogP contribution in [0.4, 0.5) is 0 Å². The summed E-state index contributed by atoms with van der Waals surface area (Å²) in [6.45, 7) is 0.286. The number of nitrogens with one attached hydrogen (secondary N) is 2. The Balaban J connectivity index is 1.52. The average molecular weight is 475 g/mol. The van der Waals surface area contributed by atoms with Crippen molar-refractivity contribution in [2.24, 2.45) is 4.99 Å². The van der Waals surface area contributed by atoms with Crippen molar-refractivity contribution in [3.63, 3.8) is 0 Å². The fraction of sp³-hybridized carbons (Fsp3) is 0.318. The fourth-order valence-corrected chi connectivity index (χ4v) is 4.27. The number of amides is 2.